The first kappa shape index (κ1) is 19.3. The molecule has 0 bridgehead atoms. The van der Waals surface area contributed by atoms with Crippen molar-refractivity contribution in [3.8, 4) is 11.5 Å². The number of hydrogen-bond acceptors (Lipinski definition) is 7. The Kier molecular flexibility index (Phi) is 5.72. The Bertz CT molecular complexity index is 832. The maximum absolute atomic E-state index is 12.7. The van der Waals surface area contributed by atoms with Crippen molar-refractivity contribution in [3.63, 3.8) is 0 Å². The number of rotatable bonds is 1. The highest BCUT2D eigenvalue weighted by molar-refractivity contribution is 6.33. The van der Waals surface area contributed by atoms with Crippen LogP contribution >= 0.6 is 11.6 Å². The first-order chi connectivity index (χ1) is 12.9. The zero-order chi connectivity index (χ0) is 19.6. The van der Waals surface area contributed by atoms with Crippen LogP contribution in [0.15, 0.2) is 35.5 Å². The van der Waals surface area contributed by atoms with E-state index in [0.29, 0.717) is 12.1 Å². The van der Waals surface area contributed by atoms with Gasteiger partial charge in [0.1, 0.15) is 36.4 Å². The number of phenolic OH excluding ortho intramolecular Hbond substituents is 2. The van der Waals surface area contributed by atoms with Crippen LogP contribution in [0.3, 0.4) is 0 Å². The molecule has 3 atom stereocenters. The molecule has 2 heterocycles. The Balaban J connectivity index is 2.06. The van der Waals surface area contributed by atoms with E-state index >= 15 is 0 Å². The van der Waals surface area contributed by atoms with Gasteiger partial charge in [-0.05, 0) is 18.6 Å². The van der Waals surface area contributed by atoms with Crippen LogP contribution in [0.5, 0.6) is 11.5 Å². The second-order valence-electron chi connectivity index (χ2n) is 6.36. The normalized spacial score (nSPS) is 29.1. The van der Waals surface area contributed by atoms with Gasteiger partial charge in [0.05, 0.1) is 16.8 Å². The first-order valence-electron chi connectivity index (χ1n) is 8.45. The van der Waals surface area contributed by atoms with Crippen molar-refractivity contribution in [1.82, 2.24) is 0 Å². The van der Waals surface area contributed by atoms with Crippen LogP contribution < -0.4 is 0 Å². The predicted molar refractivity (Wildman–Crippen MR) is 99.4 cm³/mol. The van der Waals surface area contributed by atoms with Crippen LogP contribution in [0.4, 0.5) is 0 Å². The molecule has 0 radical (unpaired) electrons. The summed E-state index contributed by atoms with van der Waals surface area (Å²) < 4.78 is 11.0. The lowest BCUT2D eigenvalue weighted by molar-refractivity contribution is 0.0306. The fourth-order valence-electron chi connectivity index (χ4n) is 2.97. The van der Waals surface area contributed by atoms with E-state index in [-0.39, 0.29) is 40.5 Å². The minimum Gasteiger partial charge on any atom is -0.507 e. The number of allylic oxidation sites excluding steroid dienone is 3. The number of cyclic esters (lactones) is 1. The molecular weight excluding hydrogens is 374 g/mol. The molecule has 7 nitrogen and oxygen atoms in total. The minimum atomic E-state index is -0.734. The van der Waals surface area contributed by atoms with Gasteiger partial charge in [0, 0.05) is 18.9 Å². The van der Waals surface area contributed by atoms with E-state index < -0.39 is 17.8 Å². The molecule has 0 aromatic heterocycles. The molecule has 8 heteroatoms. The van der Waals surface area contributed by atoms with Gasteiger partial charge in [0.2, 0.25) is 0 Å². The molecule has 2 N–H and O–H groups in total. The molecule has 0 amide bonds. The monoisotopic (exact) mass is 393 g/mol. The van der Waals surface area contributed by atoms with Crippen LogP contribution in [0.2, 0.25) is 5.02 Å². The molecule has 3 rings (SSSR count). The van der Waals surface area contributed by atoms with Gasteiger partial charge in [0.25, 0.3) is 0 Å². The van der Waals surface area contributed by atoms with E-state index in [9.17, 15) is 15.0 Å². The standard InChI is InChI=1S/C19H20ClNO6/c1-10-7-16-15(27-16)6-4-3-5-11(21-25-2)8-12-17(19(24)26-10)13(22)9-14(23)18(12)20/h3-6,9-10,15-16,22-23H,7-8H2,1-2H3/b5-3+,6-4-,21-11+/t10-,15-,16+/m1/s1. The summed E-state index contributed by atoms with van der Waals surface area (Å²) in [5.41, 5.74) is 0.526. The third-order valence-electron chi connectivity index (χ3n) is 4.29. The van der Waals surface area contributed by atoms with Gasteiger partial charge in [0.15, 0.2) is 0 Å². The van der Waals surface area contributed by atoms with Gasteiger partial charge in [-0.15, -0.1) is 0 Å². The number of ether oxygens (including phenoxy) is 2. The summed E-state index contributed by atoms with van der Waals surface area (Å²) >= 11 is 6.21. The Morgan fingerprint density at radius 2 is 2.07 bits per heavy atom. The largest absolute Gasteiger partial charge is 0.507 e. The summed E-state index contributed by atoms with van der Waals surface area (Å²) in [7, 11) is 1.39. The van der Waals surface area contributed by atoms with Crippen molar-refractivity contribution in [1.29, 1.82) is 0 Å². The lowest BCUT2D eigenvalue weighted by Gasteiger charge is -2.17. The Labute approximate surface area is 161 Å². The highest BCUT2D eigenvalue weighted by atomic mass is 35.5. The second kappa shape index (κ2) is 8.02. The number of epoxide rings is 1. The third kappa shape index (κ3) is 4.43. The van der Waals surface area contributed by atoms with Crippen LogP contribution in [0.1, 0.15) is 29.3 Å². The number of carbonyl (C=O) groups excluding carboxylic acids is 1. The number of carbonyl (C=O) groups is 1. The Morgan fingerprint density at radius 3 is 2.81 bits per heavy atom. The number of aromatic hydroxyl groups is 2. The highest BCUT2D eigenvalue weighted by Crippen LogP contribution is 2.38. The zero-order valence-corrected chi connectivity index (χ0v) is 15.6. The molecule has 1 saturated heterocycles. The number of phenols is 2. The maximum atomic E-state index is 12.7. The summed E-state index contributed by atoms with van der Waals surface area (Å²) in [5.74, 6) is -1.50. The maximum Gasteiger partial charge on any atom is 0.342 e. The summed E-state index contributed by atoms with van der Waals surface area (Å²) in [5, 5.41) is 24.1. The molecule has 1 fully saturated rings. The van der Waals surface area contributed by atoms with Gasteiger partial charge in [-0.25, -0.2) is 4.79 Å². The number of halogens is 1. The molecule has 0 unspecified atom stereocenters. The molecule has 1 aromatic carbocycles. The van der Waals surface area contributed by atoms with Crippen molar-refractivity contribution in [2.45, 2.75) is 38.1 Å². The van der Waals surface area contributed by atoms with E-state index in [1.807, 2.05) is 12.2 Å². The average molecular weight is 394 g/mol. The highest BCUT2D eigenvalue weighted by Gasteiger charge is 2.38. The topological polar surface area (TPSA) is 101 Å². The average Bonchev–Trinajstić information content (AvgIpc) is 3.32. The smallest absolute Gasteiger partial charge is 0.342 e. The van der Waals surface area contributed by atoms with E-state index in [4.69, 9.17) is 25.9 Å². The summed E-state index contributed by atoms with van der Waals surface area (Å²) in [4.78, 5) is 17.5. The fourth-order valence-corrected chi connectivity index (χ4v) is 3.19. The van der Waals surface area contributed by atoms with Gasteiger partial charge < -0.3 is 24.5 Å². The lowest BCUT2D eigenvalue weighted by atomic mass is 9.99. The zero-order valence-electron chi connectivity index (χ0n) is 14.9. The fraction of sp³-hybridized carbons (Fsp3) is 0.368. The van der Waals surface area contributed by atoms with Gasteiger partial charge in [-0.3, -0.25) is 0 Å². The molecular formula is C19H20ClNO6. The minimum absolute atomic E-state index is 0.0198. The molecule has 144 valence electrons. The second-order valence-corrected chi connectivity index (χ2v) is 6.74. The number of fused-ring (bicyclic) bond motifs is 2. The predicted octanol–water partition coefficient (Wildman–Crippen LogP) is 3.12. The molecule has 0 spiro atoms. The molecule has 0 saturated carbocycles. The molecule has 27 heavy (non-hydrogen) atoms. The third-order valence-corrected chi connectivity index (χ3v) is 4.71. The number of nitrogens with zero attached hydrogens (tertiary/aromatic N) is 1. The molecule has 2 aliphatic rings. The van der Waals surface area contributed by atoms with E-state index in [2.05, 4.69) is 5.16 Å². The van der Waals surface area contributed by atoms with E-state index in [1.165, 1.54) is 7.11 Å². The van der Waals surface area contributed by atoms with Crippen LogP contribution in [-0.4, -0.2) is 47.3 Å². The Hall–Kier alpha value is -2.51. The van der Waals surface area contributed by atoms with Gasteiger partial charge in [-0.1, -0.05) is 35.0 Å². The van der Waals surface area contributed by atoms with E-state index in [1.54, 1.807) is 19.1 Å². The van der Waals surface area contributed by atoms with Crippen molar-refractivity contribution in [2.75, 3.05) is 7.11 Å². The van der Waals surface area contributed by atoms with Crippen LogP contribution in [-0.2, 0) is 20.7 Å². The van der Waals surface area contributed by atoms with Crippen molar-refractivity contribution < 1.29 is 29.3 Å². The van der Waals surface area contributed by atoms with Crippen molar-refractivity contribution in [3.05, 3.63) is 46.5 Å². The van der Waals surface area contributed by atoms with Crippen LogP contribution in [0.25, 0.3) is 0 Å². The van der Waals surface area contributed by atoms with E-state index in [0.717, 1.165) is 6.07 Å². The number of benzene rings is 1. The lowest BCUT2D eigenvalue weighted by Crippen LogP contribution is -2.19. The summed E-state index contributed by atoms with van der Waals surface area (Å²) in [6, 6.07) is 1.02. The van der Waals surface area contributed by atoms with Crippen molar-refractivity contribution in [2.24, 2.45) is 5.16 Å². The molecule has 0 aliphatic carbocycles. The molecule has 2 aliphatic heterocycles. The van der Waals surface area contributed by atoms with Gasteiger partial charge >= 0.3 is 5.97 Å². The Morgan fingerprint density at radius 1 is 1.30 bits per heavy atom. The summed E-state index contributed by atoms with van der Waals surface area (Å²) in [6.07, 6.45) is 7.29. The van der Waals surface area contributed by atoms with Crippen LogP contribution in [0, 0.1) is 0 Å². The number of oxime groups is 1. The number of hydrogen-bond donors (Lipinski definition) is 2. The molecule has 1 aromatic rings. The van der Waals surface area contributed by atoms with Gasteiger partial charge in [-0.2, -0.15) is 0 Å². The van der Waals surface area contributed by atoms with Crippen molar-refractivity contribution >= 4 is 23.3 Å². The SMILES string of the molecule is CO\N=C1/C=C/C=C\[C@H]2O[C@H]2C[C@@H](C)OC(=O)c2c(O)cc(O)c(Cl)c2C1. The first-order valence-corrected chi connectivity index (χ1v) is 8.83. The number of esters is 1. The summed E-state index contributed by atoms with van der Waals surface area (Å²) in [6.45, 7) is 1.75. The quantitative estimate of drug-likeness (QED) is 0.432.